The van der Waals surface area contributed by atoms with E-state index in [1.807, 2.05) is 36.4 Å². The highest BCUT2D eigenvalue weighted by Gasteiger charge is 2.17. The second-order valence-corrected chi connectivity index (χ2v) is 13.1. The Morgan fingerprint density at radius 3 is 1.87 bits per heavy atom. The Morgan fingerprint density at radius 2 is 1.06 bits per heavy atom. The summed E-state index contributed by atoms with van der Waals surface area (Å²) < 4.78 is 23.0. The zero-order chi connectivity index (χ0) is 34.6. The molecule has 0 unspecified atom stereocenters. The normalized spacial score (nSPS) is 11.6. The van der Waals surface area contributed by atoms with E-state index in [2.05, 4.69) is 149 Å². The van der Waals surface area contributed by atoms with Crippen molar-refractivity contribution < 1.29 is 8.81 Å². The topological polar surface area (TPSA) is 21.3 Å². The van der Waals surface area contributed by atoms with Gasteiger partial charge in [-0.05, 0) is 95.6 Å². The summed E-state index contributed by atoms with van der Waals surface area (Å²) >= 11 is 0. The summed E-state index contributed by atoms with van der Waals surface area (Å²) in [5, 5.41) is 4.39. The zero-order valence-electron chi connectivity index (χ0n) is 28.1. The van der Waals surface area contributed by atoms with Gasteiger partial charge in [0.1, 0.15) is 17.0 Å². The van der Waals surface area contributed by atoms with Gasteiger partial charge in [0, 0.05) is 49.9 Å². The summed E-state index contributed by atoms with van der Waals surface area (Å²) in [6.07, 6.45) is 0. The van der Waals surface area contributed by atoms with Crippen molar-refractivity contribution in [2.24, 2.45) is 0 Å². The van der Waals surface area contributed by atoms with Crippen molar-refractivity contribution in [2.45, 2.75) is 0 Å². The van der Waals surface area contributed by atoms with Crippen molar-refractivity contribution >= 4 is 60.8 Å². The third-order valence-electron chi connectivity index (χ3n) is 10.1. The molecule has 0 fully saturated rings. The first-order valence-corrected chi connectivity index (χ1v) is 17.5. The van der Waals surface area contributed by atoms with Gasteiger partial charge in [-0.25, -0.2) is 4.39 Å². The van der Waals surface area contributed by atoms with E-state index < -0.39 is 0 Å². The molecule has 0 spiro atoms. The van der Waals surface area contributed by atoms with E-state index in [0.29, 0.717) is 0 Å². The molecule has 4 heteroatoms. The zero-order valence-corrected chi connectivity index (χ0v) is 28.1. The molecular formula is C48H31FN2O. The summed E-state index contributed by atoms with van der Waals surface area (Å²) in [6.45, 7) is 0. The van der Waals surface area contributed by atoms with Gasteiger partial charge < -0.3 is 13.9 Å². The highest BCUT2D eigenvalue weighted by Crippen LogP contribution is 2.40. The van der Waals surface area contributed by atoms with E-state index in [-0.39, 0.29) is 5.82 Å². The number of fused-ring (bicyclic) bond motifs is 6. The van der Waals surface area contributed by atoms with Crippen molar-refractivity contribution in [3.63, 3.8) is 0 Å². The fourth-order valence-corrected chi connectivity index (χ4v) is 7.64. The highest BCUT2D eigenvalue weighted by molar-refractivity contribution is 6.10. The molecule has 0 atom stereocenters. The second kappa shape index (κ2) is 12.1. The van der Waals surface area contributed by atoms with Gasteiger partial charge in [0.05, 0.1) is 11.0 Å². The Morgan fingerprint density at radius 1 is 0.423 bits per heavy atom. The first-order valence-electron chi connectivity index (χ1n) is 17.5. The van der Waals surface area contributed by atoms with Crippen LogP contribution in [0.5, 0.6) is 0 Å². The monoisotopic (exact) mass is 670 g/mol. The van der Waals surface area contributed by atoms with Crippen molar-refractivity contribution in [3.8, 4) is 27.9 Å². The number of rotatable bonds is 6. The minimum atomic E-state index is -0.246. The van der Waals surface area contributed by atoms with Crippen LogP contribution in [0.2, 0.25) is 0 Å². The van der Waals surface area contributed by atoms with Crippen LogP contribution >= 0.6 is 0 Å². The Bertz CT molecular complexity index is 2900. The largest absolute Gasteiger partial charge is 0.455 e. The smallest absolute Gasteiger partial charge is 0.143 e. The number of furan rings is 1. The number of nitrogens with zero attached hydrogens (tertiary/aromatic N) is 2. The van der Waals surface area contributed by atoms with Gasteiger partial charge in [-0.3, -0.25) is 0 Å². The molecule has 52 heavy (non-hydrogen) atoms. The first-order chi connectivity index (χ1) is 25.7. The summed E-state index contributed by atoms with van der Waals surface area (Å²) in [7, 11) is 0. The molecule has 2 aromatic heterocycles. The molecular weight excluding hydrogens is 640 g/mol. The van der Waals surface area contributed by atoms with Gasteiger partial charge in [-0.2, -0.15) is 0 Å². The van der Waals surface area contributed by atoms with Gasteiger partial charge in [0.15, 0.2) is 0 Å². The van der Waals surface area contributed by atoms with Crippen LogP contribution in [0.4, 0.5) is 21.5 Å². The minimum absolute atomic E-state index is 0.246. The maximum atomic E-state index is 14.5. The van der Waals surface area contributed by atoms with Crippen molar-refractivity contribution in [1.82, 2.24) is 4.57 Å². The molecule has 0 aliphatic rings. The van der Waals surface area contributed by atoms with E-state index in [1.54, 1.807) is 6.07 Å². The van der Waals surface area contributed by atoms with Gasteiger partial charge in [-0.1, -0.05) is 109 Å². The molecule has 3 nitrogen and oxygen atoms in total. The van der Waals surface area contributed by atoms with E-state index >= 15 is 0 Å². The Labute approximate surface area is 300 Å². The summed E-state index contributed by atoms with van der Waals surface area (Å²) in [5.74, 6) is -0.246. The third-order valence-corrected chi connectivity index (χ3v) is 10.1. The van der Waals surface area contributed by atoms with Gasteiger partial charge >= 0.3 is 0 Å². The molecule has 8 aromatic carbocycles. The average Bonchev–Trinajstić information content (AvgIpc) is 3.75. The van der Waals surface area contributed by atoms with Crippen molar-refractivity contribution in [2.75, 3.05) is 4.90 Å². The van der Waals surface area contributed by atoms with Gasteiger partial charge in [0.25, 0.3) is 0 Å². The van der Waals surface area contributed by atoms with Crippen LogP contribution in [0.1, 0.15) is 0 Å². The molecule has 0 bridgehead atoms. The average molecular weight is 671 g/mol. The predicted octanol–water partition coefficient (Wildman–Crippen LogP) is 13.6. The van der Waals surface area contributed by atoms with Crippen LogP contribution < -0.4 is 4.90 Å². The number of aromatic nitrogens is 1. The highest BCUT2D eigenvalue weighted by atomic mass is 19.1. The number of anilines is 3. The lowest BCUT2D eigenvalue weighted by molar-refractivity contribution is 0.629. The maximum Gasteiger partial charge on any atom is 0.143 e. The molecule has 0 radical (unpaired) electrons. The molecule has 0 amide bonds. The van der Waals surface area contributed by atoms with Gasteiger partial charge in [-0.15, -0.1) is 0 Å². The van der Waals surface area contributed by atoms with Crippen LogP contribution in [0.3, 0.4) is 0 Å². The first kappa shape index (κ1) is 30.0. The van der Waals surface area contributed by atoms with E-state index in [1.165, 1.54) is 6.07 Å². The van der Waals surface area contributed by atoms with E-state index in [0.717, 1.165) is 88.7 Å². The molecule has 0 aliphatic heterocycles. The van der Waals surface area contributed by atoms with Crippen LogP contribution in [-0.4, -0.2) is 4.57 Å². The van der Waals surface area contributed by atoms with Crippen molar-refractivity contribution in [3.05, 3.63) is 194 Å². The minimum Gasteiger partial charge on any atom is -0.455 e. The summed E-state index contributed by atoms with van der Waals surface area (Å²) in [5.41, 5.74) is 12.2. The third kappa shape index (κ3) is 4.96. The van der Waals surface area contributed by atoms with Crippen LogP contribution in [0, 0.1) is 5.82 Å². The molecule has 10 rings (SSSR count). The SMILES string of the molecule is Fc1ccc2c3ccccc3n(-c3cccc(-c4ccc(N(c5ccccc5)c5ccc(-c6cccc7c6oc6ccccc67)cc5)cc4)c3)c2c1. The molecule has 2 heterocycles. The lowest BCUT2D eigenvalue weighted by atomic mass is 10.0. The Balaban J connectivity index is 1.01. The van der Waals surface area contributed by atoms with E-state index in [4.69, 9.17) is 4.42 Å². The van der Waals surface area contributed by atoms with Gasteiger partial charge in [0.2, 0.25) is 0 Å². The molecule has 0 aliphatic carbocycles. The standard InChI is InChI=1S/C48H31FN2O/c49-35-24-29-42-41-14-4-6-18-45(41)51(46(42)31-35)39-13-8-10-34(30-39)32-20-25-37(26-21-32)50(36-11-2-1-3-12-36)38-27-22-33(23-28-38)40-16-9-17-44-43-15-5-7-19-47(43)52-48(40)44/h1-31H. The number of benzene rings is 8. The number of halogens is 1. The lowest BCUT2D eigenvalue weighted by Crippen LogP contribution is -2.09. The number of para-hydroxylation sites is 4. The summed E-state index contributed by atoms with van der Waals surface area (Å²) in [6, 6.07) is 64.2. The lowest BCUT2D eigenvalue weighted by Gasteiger charge is -2.26. The van der Waals surface area contributed by atoms with Crippen LogP contribution in [0.15, 0.2) is 192 Å². The van der Waals surface area contributed by atoms with Crippen molar-refractivity contribution in [1.29, 1.82) is 0 Å². The maximum absolute atomic E-state index is 14.5. The fourth-order valence-electron chi connectivity index (χ4n) is 7.64. The quantitative estimate of drug-likeness (QED) is 0.176. The molecule has 10 aromatic rings. The Kier molecular flexibility index (Phi) is 7.00. The molecule has 0 saturated carbocycles. The second-order valence-electron chi connectivity index (χ2n) is 13.1. The van der Waals surface area contributed by atoms with Crippen LogP contribution in [-0.2, 0) is 0 Å². The fraction of sp³-hybridized carbons (Fsp3) is 0. The molecule has 0 saturated heterocycles. The van der Waals surface area contributed by atoms with Crippen LogP contribution in [0.25, 0.3) is 71.7 Å². The van der Waals surface area contributed by atoms with E-state index in [9.17, 15) is 4.39 Å². The Hall–Kier alpha value is -6.91. The number of hydrogen-bond donors (Lipinski definition) is 0. The molecule has 0 N–H and O–H groups in total. The molecule has 246 valence electrons. The number of hydrogen-bond acceptors (Lipinski definition) is 2. The summed E-state index contributed by atoms with van der Waals surface area (Å²) in [4.78, 5) is 2.28. The predicted molar refractivity (Wildman–Crippen MR) is 214 cm³/mol.